The van der Waals surface area contributed by atoms with E-state index in [1.165, 1.54) is 6.07 Å². The normalized spacial score (nSPS) is 12.0. The lowest BCUT2D eigenvalue weighted by Crippen LogP contribution is -2.20. The topological polar surface area (TPSA) is 74.5 Å². The number of H-pyrrole nitrogens is 1. The maximum Gasteiger partial charge on any atom is 0.418 e. The van der Waals surface area contributed by atoms with Gasteiger partial charge in [0, 0.05) is 4.90 Å². The van der Waals surface area contributed by atoms with Gasteiger partial charge in [0.2, 0.25) is 5.16 Å². The molecule has 0 spiro atoms. The van der Waals surface area contributed by atoms with Gasteiger partial charge in [-0.1, -0.05) is 12.1 Å². The number of alkyl halides is 6. The standard InChI is InChI=1S/C17H8F6N4OS/c18-16(19,20)10-5-6-13(9(7-10)8-24)29-15-26-25-14(28)27(15)12-4-2-1-3-11(12)17(21,22)23/h1-7H,(H,25,28). The van der Waals surface area contributed by atoms with Crippen molar-refractivity contribution in [3.8, 4) is 11.8 Å². The minimum Gasteiger partial charge on any atom is -0.246 e. The number of hydrogen-bond donors (Lipinski definition) is 1. The number of nitrogens with one attached hydrogen (secondary N) is 1. The van der Waals surface area contributed by atoms with Crippen LogP contribution >= 0.6 is 11.8 Å². The number of rotatable bonds is 3. The summed E-state index contributed by atoms with van der Waals surface area (Å²) in [5, 5.41) is 14.5. The summed E-state index contributed by atoms with van der Waals surface area (Å²) in [6, 6.07) is 8.20. The summed E-state index contributed by atoms with van der Waals surface area (Å²) in [6.45, 7) is 0. The fraction of sp³-hybridized carbons (Fsp3) is 0.118. The molecule has 0 aliphatic carbocycles. The van der Waals surface area contributed by atoms with Crippen molar-refractivity contribution in [3.63, 3.8) is 0 Å². The van der Waals surface area contributed by atoms with Crippen molar-refractivity contribution in [2.45, 2.75) is 22.4 Å². The highest BCUT2D eigenvalue weighted by molar-refractivity contribution is 7.99. The van der Waals surface area contributed by atoms with Crippen LogP contribution < -0.4 is 5.69 Å². The van der Waals surface area contributed by atoms with E-state index in [4.69, 9.17) is 5.26 Å². The van der Waals surface area contributed by atoms with Crippen molar-refractivity contribution in [1.29, 1.82) is 5.26 Å². The van der Waals surface area contributed by atoms with Crippen molar-refractivity contribution in [2.75, 3.05) is 0 Å². The van der Waals surface area contributed by atoms with Gasteiger partial charge in [-0.05, 0) is 42.1 Å². The summed E-state index contributed by atoms with van der Waals surface area (Å²) in [4.78, 5) is 12.1. The minimum atomic E-state index is -4.76. The highest BCUT2D eigenvalue weighted by Crippen LogP contribution is 2.37. The molecule has 0 saturated carbocycles. The van der Waals surface area contributed by atoms with E-state index in [0.717, 1.165) is 30.3 Å². The first-order chi connectivity index (χ1) is 13.5. The molecule has 0 aliphatic rings. The van der Waals surface area contributed by atoms with Crippen LogP contribution in [-0.2, 0) is 12.4 Å². The fourth-order valence-corrected chi connectivity index (χ4v) is 3.36. The molecule has 2 aromatic carbocycles. The van der Waals surface area contributed by atoms with Crippen LogP contribution in [0.15, 0.2) is 57.3 Å². The molecule has 0 unspecified atom stereocenters. The predicted octanol–water partition coefficient (Wildman–Crippen LogP) is 4.62. The molecule has 1 heterocycles. The molecule has 3 aromatic rings. The van der Waals surface area contributed by atoms with E-state index in [1.54, 1.807) is 6.07 Å². The first-order valence-electron chi connectivity index (χ1n) is 7.65. The lowest BCUT2D eigenvalue weighted by atomic mass is 10.1. The third-order valence-corrected chi connectivity index (χ3v) is 4.75. The molecule has 0 atom stereocenters. The minimum absolute atomic E-state index is 0.00904. The van der Waals surface area contributed by atoms with E-state index in [9.17, 15) is 31.1 Å². The highest BCUT2D eigenvalue weighted by atomic mass is 32.2. The Kier molecular flexibility index (Phi) is 5.18. The molecule has 3 rings (SSSR count). The lowest BCUT2D eigenvalue weighted by molar-refractivity contribution is -0.138. The van der Waals surface area contributed by atoms with Gasteiger partial charge in [-0.2, -0.15) is 31.6 Å². The molecule has 0 saturated heterocycles. The van der Waals surface area contributed by atoms with E-state index in [-0.39, 0.29) is 15.6 Å². The van der Waals surface area contributed by atoms with Gasteiger partial charge >= 0.3 is 18.0 Å². The number of nitrogens with zero attached hydrogens (tertiary/aromatic N) is 3. The third-order valence-electron chi connectivity index (χ3n) is 3.72. The van der Waals surface area contributed by atoms with Gasteiger partial charge in [-0.15, -0.1) is 5.10 Å². The van der Waals surface area contributed by atoms with E-state index in [1.807, 2.05) is 5.10 Å². The Morgan fingerprint density at radius 1 is 1.03 bits per heavy atom. The molecule has 0 radical (unpaired) electrons. The van der Waals surface area contributed by atoms with Gasteiger partial charge in [0.05, 0.1) is 22.4 Å². The van der Waals surface area contributed by atoms with Crippen molar-refractivity contribution < 1.29 is 26.3 Å². The molecule has 0 aliphatic heterocycles. The van der Waals surface area contributed by atoms with Crippen LogP contribution in [0, 0.1) is 11.3 Å². The zero-order chi connectivity index (χ0) is 21.4. The number of halogens is 6. The van der Waals surface area contributed by atoms with E-state index < -0.39 is 34.9 Å². The molecule has 1 aromatic heterocycles. The number of aromatic nitrogens is 3. The average molecular weight is 430 g/mol. The number of para-hydroxylation sites is 1. The Balaban J connectivity index is 2.10. The summed E-state index contributed by atoms with van der Waals surface area (Å²) >= 11 is 0.583. The second-order valence-electron chi connectivity index (χ2n) is 5.58. The van der Waals surface area contributed by atoms with Gasteiger partial charge in [0.15, 0.2) is 0 Å². The van der Waals surface area contributed by atoms with Crippen molar-refractivity contribution in [3.05, 3.63) is 69.6 Å². The van der Waals surface area contributed by atoms with Crippen LogP contribution in [0.4, 0.5) is 26.3 Å². The van der Waals surface area contributed by atoms with Gasteiger partial charge in [0.1, 0.15) is 6.07 Å². The maximum absolute atomic E-state index is 13.3. The summed E-state index contributed by atoms with van der Waals surface area (Å²) in [5.41, 5.74) is -4.00. The van der Waals surface area contributed by atoms with E-state index in [2.05, 4.69) is 5.10 Å². The molecule has 12 heteroatoms. The molecular weight excluding hydrogens is 422 g/mol. The Morgan fingerprint density at radius 2 is 1.72 bits per heavy atom. The van der Waals surface area contributed by atoms with Gasteiger partial charge in [0.25, 0.3) is 0 Å². The summed E-state index contributed by atoms with van der Waals surface area (Å²) in [6.07, 6.45) is -9.43. The van der Waals surface area contributed by atoms with Crippen LogP contribution in [0.25, 0.3) is 5.69 Å². The largest absolute Gasteiger partial charge is 0.418 e. The molecule has 0 fully saturated rings. The Labute approximate surface area is 162 Å². The zero-order valence-corrected chi connectivity index (χ0v) is 14.8. The quantitative estimate of drug-likeness (QED) is 0.616. The molecule has 0 bridgehead atoms. The van der Waals surface area contributed by atoms with Crippen LogP contribution in [0.5, 0.6) is 0 Å². The smallest absolute Gasteiger partial charge is 0.246 e. The first kappa shape index (κ1) is 20.5. The summed E-state index contributed by atoms with van der Waals surface area (Å²) < 4.78 is 79.0. The maximum atomic E-state index is 13.3. The van der Waals surface area contributed by atoms with Gasteiger partial charge in [-0.3, -0.25) is 0 Å². The van der Waals surface area contributed by atoms with Crippen LogP contribution in [0.1, 0.15) is 16.7 Å². The van der Waals surface area contributed by atoms with Crippen LogP contribution in [-0.4, -0.2) is 14.8 Å². The van der Waals surface area contributed by atoms with Crippen molar-refractivity contribution in [2.24, 2.45) is 0 Å². The van der Waals surface area contributed by atoms with E-state index >= 15 is 0 Å². The summed E-state index contributed by atoms with van der Waals surface area (Å²) in [5.74, 6) is 0. The second kappa shape index (κ2) is 7.32. The molecule has 1 N–H and O–H groups in total. The van der Waals surface area contributed by atoms with Gasteiger partial charge < -0.3 is 0 Å². The summed E-state index contributed by atoms with van der Waals surface area (Å²) in [7, 11) is 0. The number of benzene rings is 2. The van der Waals surface area contributed by atoms with Crippen LogP contribution in [0.3, 0.4) is 0 Å². The molecule has 150 valence electrons. The lowest BCUT2D eigenvalue weighted by Gasteiger charge is -2.14. The zero-order valence-electron chi connectivity index (χ0n) is 14.0. The SMILES string of the molecule is N#Cc1cc(C(F)(F)F)ccc1Sc1n[nH]c(=O)n1-c1ccccc1C(F)(F)F. The fourth-order valence-electron chi connectivity index (χ4n) is 2.45. The monoisotopic (exact) mass is 430 g/mol. The van der Waals surface area contributed by atoms with E-state index in [0.29, 0.717) is 22.4 Å². The Hall–Kier alpha value is -3.20. The molecular formula is C17H8F6N4OS. The average Bonchev–Trinajstić information content (AvgIpc) is 3.00. The number of nitriles is 1. The van der Waals surface area contributed by atoms with Crippen molar-refractivity contribution >= 4 is 11.8 Å². The second-order valence-corrected chi connectivity index (χ2v) is 6.59. The first-order valence-corrected chi connectivity index (χ1v) is 8.47. The molecule has 0 amide bonds. The highest BCUT2D eigenvalue weighted by Gasteiger charge is 2.35. The van der Waals surface area contributed by atoms with Crippen molar-refractivity contribution in [1.82, 2.24) is 14.8 Å². The Morgan fingerprint density at radius 3 is 2.34 bits per heavy atom. The van der Waals surface area contributed by atoms with Crippen LogP contribution in [0.2, 0.25) is 0 Å². The predicted molar refractivity (Wildman–Crippen MR) is 89.5 cm³/mol. The molecule has 29 heavy (non-hydrogen) atoms. The Bertz CT molecular complexity index is 1160. The number of aromatic amines is 1. The third kappa shape index (κ3) is 4.14. The van der Waals surface area contributed by atoms with Gasteiger partial charge in [-0.25, -0.2) is 14.5 Å². The molecule has 5 nitrogen and oxygen atoms in total. The number of hydrogen-bond acceptors (Lipinski definition) is 4.